The molecule has 96 valence electrons. The van der Waals surface area contributed by atoms with E-state index in [1.54, 1.807) is 0 Å². The van der Waals surface area contributed by atoms with Crippen molar-refractivity contribution < 1.29 is 0 Å². The van der Waals surface area contributed by atoms with Gasteiger partial charge in [-0.1, -0.05) is 44.5 Å². The van der Waals surface area contributed by atoms with Crippen LogP contribution >= 0.6 is 11.6 Å². The van der Waals surface area contributed by atoms with E-state index in [0.717, 1.165) is 30.8 Å². The molecule has 0 aliphatic rings. The highest BCUT2D eigenvalue weighted by Gasteiger charge is 2.19. The van der Waals surface area contributed by atoms with E-state index in [2.05, 4.69) is 39.8 Å². The second kappa shape index (κ2) is 5.88. The van der Waals surface area contributed by atoms with Gasteiger partial charge in [0.05, 0.1) is 0 Å². The van der Waals surface area contributed by atoms with Crippen molar-refractivity contribution in [3.05, 3.63) is 33.8 Å². The van der Waals surface area contributed by atoms with Crippen molar-refractivity contribution in [2.45, 2.75) is 52.4 Å². The highest BCUT2D eigenvalue weighted by atomic mass is 35.5. The summed E-state index contributed by atoms with van der Waals surface area (Å²) in [6.45, 7) is 9.50. The predicted molar refractivity (Wildman–Crippen MR) is 76.9 cm³/mol. The Morgan fingerprint density at radius 3 is 2.35 bits per heavy atom. The number of halogens is 1. The van der Waals surface area contributed by atoms with E-state index in [1.165, 1.54) is 16.7 Å². The van der Waals surface area contributed by atoms with Gasteiger partial charge in [-0.25, -0.2) is 0 Å². The molecule has 1 aromatic carbocycles. The quantitative estimate of drug-likeness (QED) is 0.799. The monoisotopic (exact) mass is 253 g/mol. The summed E-state index contributed by atoms with van der Waals surface area (Å²) in [7, 11) is 0. The summed E-state index contributed by atoms with van der Waals surface area (Å²) < 4.78 is 0. The molecule has 2 heteroatoms. The standard InChI is InChI=1S/C15H24ClN/c1-11-8-9-13(15(2,3)4)14(16)12(11)7-5-6-10-17/h8-9H,5-7,10,17H2,1-4H3. The fourth-order valence-corrected chi connectivity index (χ4v) is 2.64. The second-order valence-corrected chi connectivity index (χ2v) is 6.10. The van der Waals surface area contributed by atoms with E-state index in [9.17, 15) is 0 Å². The molecular weight excluding hydrogens is 230 g/mol. The molecule has 0 bridgehead atoms. The number of unbranched alkanes of at least 4 members (excludes halogenated alkanes) is 1. The van der Waals surface area contributed by atoms with Crippen LogP contribution in [0.3, 0.4) is 0 Å². The highest BCUT2D eigenvalue weighted by Crippen LogP contribution is 2.34. The van der Waals surface area contributed by atoms with Gasteiger partial charge in [-0.2, -0.15) is 0 Å². The summed E-state index contributed by atoms with van der Waals surface area (Å²) >= 11 is 6.55. The van der Waals surface area contributed by atoms with E-state index in [-0.39, 0.29) is 5.41 Å². The number of rotatable bonds is 4. The lowest BCUT2D eigenvalue weighted by atomic mass is 9.84. The van der Waals surface area contributed by atoms with Crippen LogP contribution < -0.4 is 5.73 Å². The molecule has 1 rings (SSSR count). The molecular formula is C15H24ClN. The van der Waals surface area contributed by atoms with Gasteiger partial charge >= 0.3 is 0 Å². The number of hydrogen-bond acceptors (Lipinski definition) is 1. The molecule has 0 aromatic heterocycles. The van der Waals surface area contributed by atoms with Crippen molar-refractivity contribution >= 4 is 11.6 Å². The smallest absolute Gasteiger partial charge is 0.0477 e. The maximum absolute atomic E-state index is 6.55. The fraction of sp³-hybridized carbons (Fsp3) is 0.600. The van der Waals surface area contributed by atoms with Crippen LogP contribution in [0.15, 0.2) is 12.1 Å². The summed E-state index contributed by atoms with van der Waals surface area (Å²) in [5.41, 5.74) is 9.47. The molecule has 0 aliphatic carbocycles. The molecule has 0 atom stereocenters. The highest BCUT2D eigenvalue weighted by molar-refractivity contribution is 6.32. The van der Waals surface area contributed by atoms with E-state index >= 15 is 0 Å². The molecule has 17 heavy (non-hydrogen) atoms. The molecule has 0 spiro atoms. The van der Waals surface area contributed by atoms with Gasteiger partial charge in [0.25, 0.3) is 0 Å². The van der Waals surface area contributed by atoms with Crippen molar-refractivity contribution in [1.82, 2.24) is 0 Å². The number of hydrogen-bond donors (Lipinski definition) is 1. The molecule has 0 heterocycles. The molecule has 0 radical (unpaired) electrons. The van der Waals surface area contributed by atoms with Crippen LogP contribution in [0.5, 0.6) is 0 Å². The molecule has 2 N–H and O–H groups in total. The Bertz CT molecular complexity index is 377. The third-order valence-electron chi connectivity index (χ3n) is 3.17. The maximum atomic E-state index is 6.55. The molecule has 0 aliphatic heterocycles. The van der Waals surface area contributed by atoms with Crippen LogP contribution in [0, 0.1) is 6.92 Å². The van der Waals surface area contributed by atoms with Crippen molar-refractivity contribution in [3.8, 4) is 0 Å². The van der Waals surface area contributed by atoms with E-state index in [4.69, 9.17) is 17.3 Å². The molecule has 1 nitrogen and oxygen atoms in total. The van der Waals surface area contributed by atoms with E-state index < -0.39 is 0 Å². The third-order valence-corrected chi connectivity index (χ3v) is 3.60. The Morgan fingerprint density at radius 1 is 1.18 bits per heavy atom. The normalized spacial score (nSPS) is 11.9. The van der Waals surface area contributed by atoms with Gasteiger partial charge in [0.15, 0.2) is 0 Å². The van der Waals surface area contributed by atoms with Gasteiger partial charge in [-0.3, -0.25) is 0 Å². The van der Waals surface area contributed by atoms with Crippen molar-refractivity contribution in [1.29, 1.82) is 0 Å². The lowest BCUT2D eigenvalue weighted by molar-refractivity contribution is 0.588. The van der Waals surface area contributed by atoms with Crippen LogP contribution in [0.4, 0.5) is 0 Å². The Morgan fingerprint density at radius 2 is 1.82 bits per heavy atom. The first-order chi connectivity index (χ1) is 7.88. The summed E-state index contributed by atoms with van der Waals surface area (Å²) in [4.78, 5) is 0. The Kier molecular flexibility index (Phi) is 5.03. The zero-order valence-electron chi connectivity index (χ0n) is 11.4. The average Bonchev–Trinajstić information content (AvgIpc) is 2.21. The van der Waals surface area contributed by atoms with Crippen molar-refractivity contribution in [2.24, 2.45) is 5.73 Å². The van der Waals surface area contributed by atoms with Crippen LogP contribution in [-0.2, 0) is 11.8 Å². The van der Waals surface area contributed by atoms with Gasteiger partial charge in [0.1, 0.15) is 0 Å². The van der Waals surface area contributed by atoms with Gasteiger partial charge in [0.2, 0.25) is 0 Å². The molecule has 0 unspecified atom stereocenters. The van der Waals surface area contributed by atoms with E-state index in [0.29, 0.717) is 0 Å². The second-order valence-electron chi connectivity index (χ2n) is 5.72. The van der Waals surface area contributed by atoms with Crippen molar-refractivity contribution in [3.63, 3.8) is 0 Å². The zero-order chi connectivity index (χ0) is 13.1. The molecule has 1 aromatic rings. The number of nitrogens with two attached hydrogens (primary N) is 1. The van der Waals surface area contributed by atoms with Crippen LogP contribution in [0.1, 0.15) is 50.3 Å². The van der Waals surface area contributed by atoms with Gasteiger partial charge in [0, 0.05) is 5.02 Å². The van der Waals surface area contributed by atoms with Crippen LogP contribution in [0.2, 0.25) is 5.02 Å². The minimum absolute atomic E-state index is 0.105. The Balaban J connectivity index is 3.03. The zero-order valence-corrected chi connectivity index (χ0v) is 12.2. The Labute approximate surface area is 110 Å². The summed E-state index contributed by atoms with van der Waals surface area (Å²) in [5, 5.41) is 0.953. The summed E-state index contributed by atoms with van der Waals surface area (Å²) in [6, 6.07) is 4.34. The molecule has 0 amide bonds. The number of benzene rings is 1. The first kappa shape index (κ1) is 14.5. The first-order valence-corrected chi connectivity index (χ1v) is 6.74. The van der Waals surface area contributed by atoms with Gasteiger partial charge < -0.3 is 5.73 Å². The Hall–Kier alpha value is -0.530. The fourth-order valence-electron chi connectivity index (χ4n) is 2.05. The van der Waals surface area contributed by atoms with Gasteiger partial charge in [-0.05, 0) is 54.8 Å². The third kappa shape index (κ3) is 3.72. The SMILES string of the molecule is Cc1ccc(C(C)(C)C)c(Cl)c1CCCCN. The number of aryl methyl sites for hydroxylation is 1. The van der Waals surface area contributed by atoms with Crippen LogP contribution in [0.25, 0.3) is 0 Å². The summed E-state index contributed by atoms with van der Waals surface area (Å²) in [5.74, 6) is 0. The lowest BCUT2D eigenvalue weighted by Gasteiger charge is -2.23. The lowest BCUT2D eigenvalue weighted by Crippen LogP contribution is -2.13. The maximum Gasteiger partial charge on any atom is 0.0477 e. The molecule has 0 saturated heterocycles. The molecule has 0 fully saturated rings. The minimum Gasteiger partial charge on any atom is -0.330 e. The van der Waals surface area contributed by atoms with E-state index in [1.807, 2.05) is 0 Å². The molecule has 0 saturated carbocycles. The summed E-state index contributed by atoms with van der Waals surface area (Å²) in [6.07, 6.45) is 3.21. The van der Waals surface area contributed by atoms with Crippen LogP contribution in [-0.4, -0.2) is 6.54 Å². The largest absolute Gasteiger partial charge is 0.330 e. The predicted octanol–water partition coefficient (Wildman–Crippen LogP) is 4.23. The average molecular weight is 254 g/mol. The minimum atomic E-state index is 0.105. The topological polar surface area (TPSA) is 26.0 Å². The van der Waals surface area contributed by atoms with Crippen molar-refractivity contribution in [2.75, 3.05) is 6.54 Å². The first-order valence-electron chi connectivity index (χ1n) is 6.36. The van der Waals surface area contributed by atoms with Gasteiger partial charge in [-0.15, -0.1) is 0 Å².